The van der Waals surface area contributed by atoms with Gasteiger partial charge in [-0.1, -0.05) is 36.9 Å². The molecule has 1 heterocycles. The van der Waals surface area contributed by atoms with Crippen molar-refractivity contribution in [2.45, 2.75) is 25.4 Å². The van der Waals surface area contributed by atoms with Gasteiger partial charge in [0.1, 0.15) is 5.76 Å². The first-order valence-electron chi connectivity index (χ1n) is 5.24. The molecule has 84 valence electrons. The Balaban J connectivity index is 2.00. The maximum atomic E-state index is 11.0. The number of ether oxygens (including phenoxy) is 2. The first-order chi connectivity index (χ1) is 7.60. The lowest BCUT2D eigenvalue weighted by atomic mass is 9.95. The van der Waals surface area contributed by atoms with Crippen LogP contribution in [0.25, 0.3) is 0 Å². The van der Waals surface area contributed by atoms with Gasteiger partial charge < -0.3 is 9.47 Å². The summed E-state index contributed by atoms with van der Waals surface area (Å²) in [6, 6.07) is 10.0. The van der Waals surface area contributed by atoms with Crippen molar-refractivity contribution >= 4 is 6.16 Å². The van der Waals surface area contributed by atoms with E-state index in [1.807, 2.05) is 37.3 Å². The fourth-order valence-corrected chi connectivity index (χ4v) is 1.69. The van der Waals surface area contributed by atoms with Crippen molar-refractivity contribution in [1.29, 1.82) is 0 Å². The molecule has 1 aromatic carbocycles. The fourth-order valence-electron chi connectivity index (χ4n) is 1.69. The van der Waals surface area contributed by atoms with Crippen LogP contribution in [0.4, 0.5) is 4.79 Å². The molecule has 0 aromatic heterocycles. The summed E-state index contributed by atoms with van der Waals surface area (Å²) in [5, 5.41) is 0. The van der Waals surface area contributed by atoms with Crippen LogP contribution in [0.5, 0.6) is 0 Å². The second-order valence-corrected chi connectivity index (χ2v) is 4.09. The molecule has 0 unspecified atom stereocenters. The van der Waals surface area contributed by atoms with E-state index >= 15 is 0 Å². The Labute approximate surface area is 94.7 Å². The number of aryl methyl sites for hydroxylation is 1. The van der Waals surface area contributed by atoms with E-state index in [-0.39, 0.29) is 0 Å². The normalized spacial score (nSPS) is 24.1. The molecule has 16 heavy (non-hydrogen) atoms. The zero-order chi connectivity index (χ0) is 11.6. The molecule has 1 fully saturated rings. The third-order valence-electron chi connectivity index (χ3n) is 2.84. The van der Waals surface area contributed by atoms with Crippen molar-refractivity contribution in [3.63, 3.8) is 0 Å². The Morgan fingerprint density at radius 3 is 2.56 bits per heavy atom. The van der Waals surface area contributed by atoms with Crippen molar-refractivity contribution in [3.8, 4) is 0 Å². The van der Waals surface area contributed by atoms with Gasteiger partial charge in [0.25, 0.3) is 0 Å². The van der Waals surface area contributed by atoms with Gasteiger partial charge in [0, 0.05) is 0 Å². The van der Waals surface area contributed by atoms with Gasteiger partial charge in [0.05, 0.1) is 0 Å². The molecule has 3 heteroatoms. The molecule has 0 radical (unpaired) electrons. The van der Waals surface area contributed by atoms with Crippen molar-refractivity contribution in [1.82, 2.24) is 0 Å². The van der Waals surface area contributed by atoms with E-state index in [9.17, 15) is 4.79 Å². The Kier molecular flexibility index (Phi) is 2.69. The third-order valence-corrected chi connectivity index (χ3v) is 2.84. The maximum Gasteiger partial charge on any atom is 0.514 e. The SMILES string of the molecule is C=C1OC(=O)O[C@@]1(C)CCc1ccccc1. The van der Waals surface area contributed by atoms with Gasteiger partial charge in [-0.05, 0) is 25.3 Å². The average molecular weight is 218 g/mol. The Hall–Kier alpha value is -1.77. The zero-order valence-electron chi connectivity index (χ0n) is 9.23. The second-order valence-electron chi connectivity index (χ2n) is 4.09. The summed E-state index contributed by atoms with van der Waals surface area (Å²) in [7, 11) is 0. The topological polar surface area (TPSA) is 35.5 Å². The Morgan fingerprint density at radius 2 is 2.00 bits per heavy atom. The molecule has 1 atom stereocenters. The van der Waals surface area contributed by atoms with Crippen LogP contribution in [0, 0.1) is 0 Å². The molecule has 0 bridgehead atoms. The molecule has 1 aliphatic rings. The van der Waals surface area contributed by atoms with Crippen molar-refractivity contribution in [2.24, 2.45) is 0 Å². The minimum Gasteiger partial charge on any atom is -0.419 e. The summed E-state index contributed by atoms with van der Waals surface area (Å²) < 4.78 is 9.93. The summed E-state index contributed by atoms with van der Waals surface area (Å²) in [4.78, 5) is 11.0. The monoisotopic (exact) mass is 218 g/mol. The molecule has 2 rings (SSSR count). The van der Waals surface area contributed by atoms with Crippen molar-refractivity contribution in [2.75, 3.05) is 0 Å². The fraction of sp³-hybridized carbons (Fsp3) is 0.308. The van der Waals surface area contributed by atoms with E-state index in [2.05, 4.69) is 6.58 Å². The van der Waals surface area contributed by atoms with Crippen LogP contribution in [0.3, 0.4) is 0 Å². The smallest absolute Gasteiger partial charge is 0.419 e. The van der Waals surface area contributed by atoms with E-state index < -0.39 is 11.8 Å². The van der Waals surface area contributed by atoms with Crippen LogP contribution < -0.4 is 0 Å². The van der Waals surface area contributed by atoms with Gasteiger partial charge >= 0.3 is 6.16 Å². The molecule has 0 aliphatic carbocycles. The van der Waals surface area contributed by atoms with Crippen molar-refractivity contribution in [3.05, 3.63) is 48.2 Å². The molecule has 3 nitrogen and oxygen atoms in total. The van der Waals surface area contributed by atoms with E-state index in [1.54, 1.807) is 0 Å². The van der Waals surface area contributed by atoms with Gasteiger partial charge in [-0.3, -0.25) is 0 Å². The average Bonchev–Trinajstić information content (AvgIpc) is 2.52. The van der Waals surface area contributed by atoms with E-state index in [1.165, 1.54) is 5.56 Å². The van der Waals surface area contributed by atoms with E-state index in [0.29, 0.717) is 12.2 Å². The summed E-state index contributed by atoms with van der Waals surface area (Å²) in [6.07, 6.45) is 0.856. The lowest BCUT2D eigenvalue weighted by Gasteiger charge is -2.20. The number of benzene rings is 1. The minimum atomic E-state index is -0.688. The first-order valence-corrected chi connectivity index (χ1v) is 5.24. The lowest BCUT2D eigenvalue weighted by molar-refractivity contribution is 0.0717. The van der Waals surface area contributed by atoms with Gasteiger partial charge in [0.2, 0.25) is 0 Å². The molecule has 0 saturated carbocycles. The second kappa shape index (κ2) is 4.00. The number of carbonyl (C=O) groups is 1. The molecule has 1 aliphatic heterocycles. The summed E-state index contributed by atoms with van der Waals surface area (Å²) in [6.45, 7) is 5.52. The van der Waals surface area contributed by atoms with Gasteiger partial charge in [0.15, 0.2) is 5.60 Å². The number of hydrogen-bond donors (Lipinski definition) is 0. The minimum absolute atomic E-state index is 0.397. The number of carbonyl (C=O) groups excluding carboxylic acids is 1. The highest BCUT2D eigenvalue weighted by molar-refractivity contribution is 5.66. The largest absolute Gasteiger partial charge is 0.514 e. The number of cyclic esters (lactones) is 2. The molecular formula is C13H14O3. The van der Waals surface area contributed by atoms with Crippen LogP contribution in [-0.4, -0.2) is 11.8 Å². The summed E-state index contributed by atoms with van der Waals surface area (Å²) in [5.41, 5.74) is 0.520. The van der Waals surface area contributed by atoms with Gasteiger partial charge in [-0.25, -0.2) is 4.79 Å². The first kappa shape index (κ1) is 10.7. The summed E-state index contributed by atoms with van der Waals surface area (Å²) >= 11 is 0. The third kappa shape index (κ3) is 2.08. The van der Waals surface area contributed by atoms with Crippen LogP contribution in [0.15, 0.2) is 42.7 Å². The Bertz CT molecular complexity index is 410. The molecule has 0 amide bonds. The van der Waals surface area contributed by atoms with Crippen molar-refractivity contribution < 1.29 is 14.3 Å². The van der Waals surface area contributed by atoms with Crippen LogP contribution in [-0.2, 0) is 15.9 Å². The van der Waals surface area contributed by atoms with Gasteiger partial charge in [-0.15, -0.1) is 0 Å². The molecule has 0 spiro atoms. The predicted molar refractivity (Wildman–Crippen MR) is 59.9 cm³/mol. The highest BCUT2D eigenvalue weighted by Gasteiger charge is 2.41. The predicted octanol–water partition coefficient (Wildman–Crippen LogP) is 3.06. The lowest BCUT2D eigenvalue weighted by Crippen LogP contribution is -2.26. The quantitative estimate of drug-likeness (QED) is 0.731. The highest BCUT2D eigenvalue weighted by atomic mass is 16.8. The van der Waals surface area contributed by atoms with E-state index in [4.69, 9.17) is 9.47 Å². The number of hydrogen-bond acceptors (Lipinski definition) is 3. The zero-order valence-corrected chi connectivity index (χ0v) is 9.23. The van der Waals surface area contributed by atoms with Gasteiger partial charge in [-0.2, -0.15) is 0 Å². The highest BCUT2D eigenvalue weighted by Crippen LogP contribution is 2.33. The van der Waals surface area contributed by atoms with Crippen LogP contribution >= 0.6 is 0 Å². The molecule has 1 aromatic rings. The Morgan fingerprint density at radius 1 is 1.31 bits per heavy atom. The molecule has 0 N–H and O–H groups in total. The maximum absolute atomic E-state index is 11.0. The number of rotatable bonds is 3. The standard InChI is InChI=1S/C13H14O3/c1-10-13(2,16-12(14)15-10)9-8-11-6-4-3-5-7-11/h3-7H,1,8-9H2,2H3/t13-/m0/s1. The van der Waals surface area contributed by atoms with E-state index in [0.717, 1.165) is 6.42 Å². The molecule has 1 saturated heterocycles. The van der Waals surface area contributed by atoms with Crippen LogP contribution in [0.1, 0.15) is 18.9 Å². The molecular weight excluding hydrogens is 204 g/mol. The summed E-state index contributed by atoms with van der Waals surface area (Å²) in [5.74, 6) is 0.397. The van der Waals surface area contributed by atoms with Crippen LogP contribution in [0.2, 0.25) is 0 Å².